The summed E-state index contributed by atoms with van der Waals surface area (Å²) in [7, 11) is 0. The molecule has 1 aromatic heterocycles. The van der Waals surface area contributed by atoms with Gasteiger partial charge in [-0.3, -0.25) is 0 Å². The number of unbranched alkanes of at least 4 members (excludes halogenated alkanes) is 1. The Morgan fingerprint density at radius 1 is 1.25 bits per heavy atom. The molecule has 3 rings (SSSR count). The van der Waals surface area contributed by atoms with E-state index in [1.165, 1.54) is 17.7 Å². The second-order valence-electron chi connectivity index (χ2n) is 5.05. The van der Waals surface area contributed by atoms with E-state index < -0.39 is 0 Å². The van der Waals surface area contributed by atoms with Gasteiger partial charge in [-0.25, -0.2) is 4.98 Å². The third-order valence-electron chi connectivity index (χ3n) is 3.61. The summed E-state index contributed by atoms with van der Waals surface area (Å²) in [6.45, 7) is 4.11. The van der Waals surface area contributed by atoms with E-state index in [9.17, 15) is 0 Å². The molecule has 0 unspecified atom stereocenters. The number of nitrogens with zero attached hydrogens (tertiary/aromatic N) is 3. The molecule has 1 N–H and O–H groups in total. The van der Waals surface area contributed by atoms with Crippen molar-refractivity contribution in [2.24, 2.45) is 0 Å². The standard InChI is InChI=1S/C16H20N4/c1-2-3-10-17-15-8-11-18-16(19-15)20-12-9-13-6-4-5-7-14(13)20/h4-8,11H,2-3,9-10,12H2,1H3,(H,17,18,19). The highest BCUT2D eigenvalue weighted by Crippen LogP contribution is 2.32. The number of hydrogen-bond acceptors (Lipinski definition) is 4. The molecule has 0 aliphatic carbocycles. The zero-order valence-corrected chi connectivity index (χ0v) is 11.8. The summed E-state index contributed by atoms with van der Waals surface area (Å²) in [5.41, 5.74) is 2.61. The quantitative estimate of drug-likeness (QED) is 0.844. The average Bonchev–Trinajstić information content (AvgIpc) is 2.92. The van der Waals surface area contributed by atoms with Gasteiger partial charge in [0.15, 0.2) is 0 Å². The molecule has 0 atom stereocenters. The van der Waals surface area contributed by atoms with Gasteiger partial charge < -0.3 is 10.2 Å². The zero-order chi connectivity index (χ0) is 13.8. The number of anilines is 3. The fourth-order valence-electron chi connectivity index (χ4n) is 2.52. The SMILES string of the molecule is CCCCNc1ccnc(N2CCc3ccccc32)n1. The van der Waals surface area contributed by atoms with Crippen molar-refractivity contribution in [3.63, 3.8) is 0 Å². The Labute approximate surface area is 119 Å². The van der Waals surface area contributed by atoms with E-state index in [4.69, 9.17) is 0 Å². The molecule has 4 nitrogen and oxygen atoms in total. The summed E-state index contributed by atoms with van der Waals surface area (Å²) in [4.78, 5) is 11.2. The van der Waals surface area contributed by atoms with E-state index in [2.05, 4.69) is 51.4 Å². The molecule has 1 aromatic carbocycles. The third-order valence-corrected chi connectivity index (χ3v) is 3.61. The van der Waals surface area contributed by atoms with Crippen LogP contribution in [0.4, 0.5) is 17.5 Å². The first-order valence-electron chi connectivity index (χ1n) is 7.31. The van der Waals surface area contributed by atoms with Crippen molar-refractivity contribution in [1.29, 1.82) is 0 Å². The maximum absolute atomic E-state index is 4.63. The Morgan fingerprint density at radius 3 is 3.05 bits per heavy atom. The van der Waals surface area contributed by atoms with Gasteiger partial charge in [0.2, 0.25) is 5.95 Å². The molecular weight excluding hydrogens is 248 g/mol. The second-order valence-corrected chi connectivity index (χ2v) is 5.05. The summed E-state index contributed by atoms with van der Waals surface area (Å²) < 4.78 is 0. The lowest BCUT2D eigenvalue weighted by molar-refractivity contribution is 0.829. The minimum atomic E-state index is 0.788. The van der Waals surface area contributed by atoms with Crippen molar-refractivity contribution < 1.29 is 0 Å². The molecular formula is C16H20N4. The fraction of sp³-hybridized carbons (Fsp3) is 0.375. The van der Waals surface area contributed by atoms with Crippen LogP contribution >= 0.6 is 0 Å². The lowest BCUT2D eigenvalue weighted by atomic mass is 10.2. The number of para-hydroxylation sites is 1. The van der Waals surface area contributed by atoms with Crippen molar-refractivity contribution in [3.05, 3.63) is 42.1 Å². The minimum absolute atomic E-state index is 0.788. The minimum Gasteiger partial charge on any atom is -0.370 e. The Bertz CT molecular complexity index is 582. The maximum Gasteiger partial charge on any atom is 0.231 e. The molecule has 2 aromatic rings. The first-order valence-corrected chi connectivity index (χ1v) is 7.31. The Balaban J connectivity index is 1.79. The second kappa shape index (κ2) is 5.90. The zero-order valence-electron chi connectivity index (χ0n) is 11.8. The number of hydrogen-bond donors (Lipinski definition) is 1. The van der Waals surface area contributed by atoms with Crippen molar-refractivity contribution in [2.45, 2.75) is 26.2 Å². The number of rotatable bonds is 5. The van der Waals surface area contributed by atoms with Gasteiger partial charge in [0, 0.05) is 25.0 Å². The molecule has 0 amide bonds. The smallest absolute Gasteiger partial charge is 0.231 e. The predicted molar refractivity (Wildman–Crippen MR) is 82.6 cm³/mol. The Morgan fingerprint density at radius 2 is 2.15 bits per heavy atom. The largest absolute Gasteiger partial charge is 0.370 e. The molecule has 1 aliphatic heterocycles. The molecule has 20 heavy (non-hydrogen) atoms. The van der Waals surface area contributed by atoms with E-state index >= 15 is 0 Å². The van der Waals surface area contributed by atoms with Gasteiger partial charge >= 0.3 is 0 Å². The van der Waals surface area contributed by atoms with Gasteiger partial charge in [0.25, 0.3) is 0 Å². The highest BCUT2D eigenvalue weighted by molar-refractivity contribution is 5.66. The van der Waals surface area contributed by atoms with Crippen LogP contribution < -0.4 is 10.2 Å². The van der Waals surface area contributed by atoms with E-state index in [0.717, 1.165) is 37.7 Å². The molecule has 1 aliphatic rings. The van der Waals surface area contributed by atoms with Gasteiger partial charge in [-0.2, -0.15) is 4.98 Å². The topological polar surface area (TPSA) is 41.1 Å². The molecule has 2 heterocycles. The van der Waals surface area contributed by atoms with Crippen LogP contribution in [0.15, 0.2) is 36.5 Å². The van der Waals surface area contributed by atoms with Gasteiger partial charge in [-0.15, -0.1) is 0 Å². The summed E-state index contributed by atoms with van der Waals surface area (Å²) in [6.07, 6.45) is 5.24. The van der Waals surface area contributed by atoms with E-state index in [1.807, 2.05) is 12.3 Å². The lowest BCUT2D eigenvalue weighted by Gasteiger charge is -2.17. The van der Waals surface area contributed by atoms with Gasteiger partial charge in [0.05, 0.1) is 0 Å². The van der Waals surface area contributed by atoms with Crippen molar-refractivity contribution in [2.75, 3.05) is 23.3 Å². The highest BCUT2D eigenvalue weighted by Gasteiger charge is 2.21. The van der Waals surface area contributed by atoms with Gasteiger partial charge in [-0.1, -0.05) is 31.5 Å². The summed E-state index contributed by atoms with van der Waals surface area (Å²) >= 11 is 0. The van der Waals surface area contributed by atoms with Crippen molar-refractivity contribution in [1.82, 2.24) is 9.97 Å². The maximum atomic E-state index is 4.63. The van der Waals surface area contributed by atoms with Gasteiger partial charge in [0.1, 0.15) is 5.82 Å². The monoisotopic (exact) mass is 268 g/mol. The normalized spacial score (nSPS) is 13.3. The van der Waals surface area contributed by atoms with Crippen molar-refractivity contribution >= 4 is 17.5 Å². The van der Waals surface area contributed by atoms with E-state index in [-0.39, 0.29) is 0 Å². The predicted octanol–water partition coefficient (Wildman–Crippen LogP) is 3.38. The molecule has 4 heteroatoms. The molecule has 0 radical (unpaired) electrons. The molecule has 0 saturated carbocycles. The molecule has 0 spiro atoms. The molecule has 0 bridgehead atoms. The highest BCUT2D eigenvalue weighted by atomic mass is 15.3. The van der Waals surface area contributed by atoms with Crippen LogP contribution in [0.25, 0.3) is 0 Å². The molecule has 104 valence electrons. The summed E-state index contributed by atoms with van der Waals surface area (Å²) in [5, 5.41) is 3.36. The number of nitrogens with one attached hydrogen (secondary N) is 1. The van der Waals surface area contributed by atoms with Crippen LogP contribution in [0.1, 0.15) is 25.3 Å². The summed E-state index contributed by atoms with van der Waals surface area (Å²) in [5.74, 6) is 1.70. The van der Waals surface area contributed by atoms with E-state index in [1.54, 1.807) is 0 Å². The Kier molecular flexibility index (Phi) is 3.81. The van der Waals surface area contributed by atoms with Crippen LogP contribution in [0.5, 0.6) is 0 Å². The first-order chi connectivity index (χ1) is 9.88. The van der Waals surface area contributed by atoms with Gasteiger partial charge in [-0.05, 0) is 30.5 Å². The van der Waals surface area contributed by atoms with Crippen LogP contribution in [-0.4, -0.2) is 23.1 Å². The number of benzene rings is 1. The third kappa shape index (κ3) is 2.59. The number of fused-ring (bicyclic) bond motifs is 1. The lowest BCUT2D eigenvalue weighted by Crippen LogP contribution is -2.17. The average molecular weight is 268 g/mol. The molecule has 0 saturated heterocycles. The van der Waals surface area contributed by atoms with E-state index in [0.29, 0.717) is 0 Å². The van der Waals surface area contributed by atoms with Crippen LogP contribution in [-0.2, 0) is 6.42 Å². The Hall–Kier alpha value is -2.10. The van der Waals surface area contributed by atoms with Crippen LogP contribution in [0.3, 0.4) is 0 Å². The van der Waals surface area contributed by atoms with Crippen molar-refractivity contribution in [3.8, 4) is 0 Å². The van der Waals surface area contributed by atoms with Crippen LogP contribution in [0, 0.1) is 0 Å². The first kappa shape index (κ1) is 12.9. The number of aromatic nitrogens is 2. The fourth-order valence-corrected chi connectivity index (χ4v) is 2.52. The van der Waals surface area contributed by atoms with Crippen LogP contribution in [0.2, 0.25) is 0 Å². The molecule has 0 fully saturated rings. The summed E-state index contributed by atoms with van der Waals surface area (Å²) in [6, 6.07) is 10.4.